The van der Waals surface area contributed by atoms with Gasteiger partial charge in [-0.15, -0.1) is 0 Å². The zero-order valence-corrected chi connectivity index (χ0v) is 12.5. The molecule has 1 rings (SSSR count). The molecule has 3 N–H and O–H groups in total. The highest BCUT2D eigenvalue weighted by Crippen LogP contribution is 2.16. The topological polar surface area (TPSA) is 113 Å². The lowest BCUT2D eigenvalue weighted by Crippen LogP contribution is -2.21. The van der Waals surface area contributed by atoms with Gasteiger partial charge in [-0.2, -0.15) is 0 Å². The van der Waals surface area contributed by atoms with Crippen molar-refractivity contribution in [3.8, 4) is 5.75 Å². The number of aliphatic hydroxyl groups excluding tert-OH is 2. The molecule has 0 aliphatic carbocycles. The van der Waals surface area contributed by atoms with Gasteiger partial charge in [0, 0.05) is 18.4 Å². The summed E-state index contributed by atoms with van der Waals surface area (Å²) in [5.74, 6) is -0.0968. The van der Waals surface area contributed by atoms with Gasteiger partial charge in [-0.25, -0.2) is 8.42 Å². The molecule has 0 bridgehead atoms. The SMILES string of the molecule is CS(=O)(=O)CCC(=O)Nc1ccc(OCC(O)CO)cc1. The van der Waals surface area contributed by atoms with Gasteiger partial charge in [0.2, 0.25) is 5.91 Å². The number of sulfone groups is 1. The number of ether oxygens (including phenoxy) is 1. The Balaban J connectivity index is 2.45. The predicted octanol–water partition coefficient (Wildman–Crippen LogP) is -0.208. The van der Waals surface area contributed by atoms with E-state index in [9.17, 15) is 13.2 Å². The molecule has 0 spiro atoms. The van der Waals surface area contributed by atoms with Gasteiger partial charge in [-0.3, -0.25) is 4.79 Å². The largest absolute Gasteiger partial charge is 0.491 e. The maximum atomic E-state index is 11.5. The summed E-state index contributed by atoms with van der Waals surface area (Å²) in [4.78, 5) is 11.5. The van der Waals surface area contributed by atoms with E-state index in [1.807, 2.05) is 0 Å². The van der Waals surface area contributed by atoms with E-state index >= 15 is 0 Å². The van der Waals surface area contributed by atoms with Gasteiger partial charge in [0.15, 0.2) is 0 Å². The molecule has 21 heavy (non-hydrogen) atoms. The molecule has 1 unspecified atom stereocenters. The number of hydrogen-bond acceptors (Lipinski definition) is 6. The van der Waals surface area contributed by atoms with Crippen molar-refractivity contribution in [3.63, 3.8) is 0 Å². The fraction of sp³-hybridized carbons (Fsp3) is 0.462. The normalized spacial score (nSPS) is 12.7. The molecule has 0 saturated heterocycles. The van der Waals surface area contributed by atoms with E-state index in [0.717, 1.165) is 6.26 Å². The second-order valence-electron chi connectivity index (χ2n) is 4.60. The van der Waals surface area contributed by atoms with E-state index in [4.69, 9.17) is 14.9 Å². The molecule has 0 heterocycles. The number of hydrogen-bond donors (Lipinski definition) is 3. The van der Waals surface area contributed by atoms with Crippen LogP contribution < -0.4 is 10.1 Å². The number of carbonyl (C=O) groups excluding carboxylic acids is 1. The Kier molecular flexibility index (Phi) is 6.60. The maximum Gasteiger partial charge on any atom is 0.225 e. The van der Waals surface area contributed by atoms with Gasteiger partial charge >= 0.3 is 0 Å². The highest BCUT2D eigenvalue weighted by Gasteiger charge is 2.08. The van der Waals surface area contributed by atoms with E-state index in [1.165, 1.54) is 0 Å². The van der Waals surface area contributed by atoms with Crippen LogP contribution in [0.1, 0.15) is 6.42 Å². The van der Waals surface area contributed by atoms with Gasteiger partial charge in [0.1, 0.15) is 28.3 Å². The third-order valence-electron chi connectivity index (χ3n) is 2.49. The van der Waals surface area contributed by atoms with Crippen molar-refractivity contribution < 1.29 is 28.2 Å². The molecule has 0 saturated carbocycles. The van der Waals surface area contributed by atoms with Crippen LogP contribution in [0.4, 0.5) is 5.69 Å². The summed E-state index contributed by atoms with van der Waals surface area (Å²) in [6.45, 7) is -0.412. The summed E-state index contributed by atoms with van der Waals surface area (Å²) >= 11 is 0. The molecule has 0 aliphatic rings. The van der Waals surface area contributed by atoms with Crippen molar-refractivity contribution in [2.75, 3.05) is 30.5 Å². The number of aliphatic hydroxyl groups is 2. The molecule has 0 fully saturated rings. The van der Waals surface area contributed by atoms with Crippen LogP contribution in [-0.4, -0.2) is 55.9 Å². The highest BCUT2D eigenvalue weighted by molar-refractivity contribution is 7.90. The summed E-state index contributed by atoms with van der Waals surface area (Å²) in [6, 6.07) is 6.38. The molecule has 8 heteroatoms. The molecule has 0 radical (unpaired) electrons. The van der Waals surface area contributed by atoms with Crippen molar-refractivity contribution in [2.24, 2.45) is 0 Å². The zero-order chi connectivity index (χ0) is 15.9. The van der Waals surface area contributed by atoms with E-state index in [0.29, 0.717) is 11.4 Å². The van der Waals surface area contributed by atoms with Crippen LogP contribution in [0.25, 0.3) is 0 Å². The van der Waals surface area contributed by atoms with Gasteiger partial charge in [0.25, 0.3) is 0 Å². The Morgan fingerprint density at radius 2 is 1.95 bits per heavy atom. The first kappa shape index (κ1) is 17.4. The standard InChI is InChI=1S/C13H19NO6S/c1-21(18,19)7-6-13(17)14-10-2-4-12(5-3-10)20-9-11(16)8-15/h2-5,11,15-16H,6-9H2,1H3,(H,14,17). The average molecular weight is 317 g/mol. The number of carbonyl (C=O) groups is 1. The van der Waals surface area contributed by atoms with Crippen LogP contribution in [-0.2, 0) is 14.6 Å². The average Bonchev–Trinajstić information content (AvgIpc) is 2.43. The monoisotopic (exact) mass is 317 g/mol. The summed E-state index contributed by atoms with van der Waals surface area (Å²) in [6.07, 6.45) is 0.0351. The van der Waals surface area contributed by atoms with Crippen LogP contribution in [0.3, 0.4) is 0 Å². The maximum absolute atomic E-state index is 11.5. The first-order valence-corrected chi connectivity index (χ1v) is 8.35. The Morgan fingerprint density at radius 3 is 2.48 bits per heavy atom. The zero-order valence-electron chi connectivity index (χ0n) is 11.7. The van der Waals surface area contributed by atoms with Crippen LogP contribution in [0.15, 0.2) is 24.3 Å². The predicted molar refractivity (Wildman–Crippen MR) is 78.0 cm³/mol. The van der Waals surface area contributed by atoms with E-state index in [1.54, 1.807) is 24.3 Å². The lowest BCUT2D eigenvalue weighted by Gasteiger charge is -2.10. The number of rotatable bonds is 8. The molecule has 1 amide bonds. The first-order chi connectivity index (χ1) is 9.80. The van der Waals surface area contributed by atoms with Crippen molar-refractivity contribution in [2.45, 2.75) is 12.5 Å². The second kappa shape index (κ2) is 7.96. The quantitative estimate of drug-likeness (QED) is 0.611. The van der Waals surface area contributed by atoms with E-state index < -0.39 is 15.9 Å². The van der Waals surface area contributed by atoms with Crippen molar-refractivity contribution in [1.82, 2.24) is 0 Å². The van der Waals surface area contributed by atoms with Gasteiger partial charge in [-0.1, -0.05) is 0 Å². The van der Waals surface area contributed by atoms with Gasteiger partial charge in [0.05, 0.1) is 12.4 Å². The lowest BCUT2D eigenvalue weighted by molar-refractivity contribution is -0.115. The molecule has 118 valence electrons. The van der Waals surface area contributed by atoms with Gasteiger partial charge in [-0.05, 0) is 24.3 Å². The van der Waals surface area contributed by atoms with Crippen molar-refractivity contribution in [1.29, 1.82) is 0 Å². The first-order valence-electron chi connectivity index (χ1n) is 6.29. The number of benzene rings is 1. The van der Waals surface area contributed by atoms with Crippen molar-refractivity contribution in [3.05, 3.63) is 24.3 Å². The van der Waals surface area contributed by atoms with Gasteiger partial charge < -0.3 is 20.3 Å². The summed E-state index contributed by atoms with van der Waals surface area (Å²) in [5.41, 5.74) is 0.517. The minimum atomic E-state index is -3.16. The molecular formula is C13H19NO6S. The number of nitrogens with one attached hydrogen (secondary N) is 1. The van der Waals surface area contributed by atoms with Crippen LogP contribution in [0.5, 0.6) is 5.75 Å². The number of amides is 1. The smallest absolute Gasteiger partial charge is 0.225 e. The third-order valence-corrected chi connectivity index (χ3v) is 3.44. The molecule has 1 aromatic rings. The van der Waals surface area contributed by atoms with Crippen molar-refractivity contribution >= 4 is 21.4 Å². The lowest BCUT2D eigenvalue weighted by atomic mass is 10.3. The summed E-state index contributed by atoms with van der Waals surface area (Å²) in [7, 11) is -3.16. The Labute approximate surface area is 123 Å². The minimum absolute atomic E-state index is 0.0312. The molecule has 1 atom stereocenters. The summed E-state index contributed by atoms with van der Waals surface area (Å²) in [5, 5.41) is 20.3. The second-order valence-corrected chi connectivity index (χ2v) is 6.86. The van der Waals surface area contributed by atoms with Crippen LogP contribution >= 0.6 is 0 Å². The molecule has 7 nitrogen and oxygen atoms in total. The minimum Gasteiger partial charge on any atom is -0.491 e. The fourth-order valence-corrected chi connectivity index (χ4v) is 1.94. The van der Waals surface area contributed by atoms with Crippen LogP contribution in [0, 0.1) is 0 Å². The fourth-order valence-electron chi connectivity index (χ4n) is 1.38. The molecule has 0 aromatic heterocycles. The number of anilines is 1. The Morgan fingerprint density at radius 1 is 1.33 bits per heavy atom. The van der Waals surface area contributed by atoms with Crippen LogP contribution in [0.2, 0.25) is 0 Å². The molecular weight excluding hydrogens is 298 g/mol. The third kappa shape index (κ3) is 7.64. The molecule has 0 aliphatic heterocycles. The van der Waals surface area contributed by atoms with E-state index in [-0.39, 0.29) is 31.3 Å². The molecule has 1 aromatic carbocycles. The Bertz CT molecular complexity index is 555. The van der Waals surface area contributed by atoms with E-state index in [2.05, 4.69) is 5.32 Å². The summed E-state index contributed by atoms with van der Waals surface area (Å²) < 4.78 is 27.1. The Hall–Kier alpha value is -1.64. The highest BCUT2D eigenvalue weighted by atomic mass is 32.2.